The van der Waals surface area contributed by atoms with Crippen LogP contribution in [-0.4, -0.2) is 18.1 Å². The minimum Gasteiger partial charge on any atom is -0.316 e. The highest BCUT2D eigenvalue weighted by Crippen LogP contribution is 2.20. The SMILES string of the molecule is CCCCC(CC)C(Cc1csc(C)n1)NC. The topological polar surface area (TPSA) is 24.9 Å². The molecule has 0 saturated heterocycles. The van der Waals surface area contributed by atoms with E-state index >= 15 is 0 Å². The van der Waals surface area contributed by atoms with Gasteiger partial charge in [0.25, 0.3) is 0 Å². The van der Waals surface area contributed by atoms with Gasteiger partial charge in [0.15, 0.2) is 0 Å². The Labute approximate surface area is 110 Å². The van der Waals surface area contributed by atoms with E-state index in [0.717, 1.165) is 12.3 Å². The molecule has 0 saturated carbocycles. The molecule has 98 valence electrons. The van der Waals surface area contributed by atoms with Crippen LogP contribution in [0.25, 0.3) is 0 Å². The molecule has 2 atom stereocenters. The highest BCUT2D eigenvalue weighted by atomic mass is 32.1. The van der Waals surface area contributed by atoms with E-state index in [4.69, 9.17) is 0 Å². The van der Waals surface area contributed by atoms with Crippen LogP contribution in [0.3, 0.4) is 0 Å². The van der Waals surface area contributed by atoms with E-state index in [1.54, 1.807) is 11.3 Å². The molecule has 1 heterocycles. The molecule has 0 bridgehead atoms. The highest BCUT2D eigenvalue weighted by Gasteiger charge is 2.19. The van der Waals surface area contributed by atoms with Gasteiger partial charge in [0.05, 0.1) is 10.7 Å². The van der Waals surface area contributed by atoms with Crippen LogP contribution < -0.4 is 5.32 Å². The van der Waals surface area contributed by atoms with Gasteiger partial charge < -0.3 is 5.32 Å². The van der Waals surface area contributed by atoms with Crippen LogP contribution >= 0.6 is 11.3 Å². The Morgan fingerprint density at radius 3 is 2.65 bits per heavy atom. The lowest BCUT2D eigenvalue weighted by Gasteiger charge is -2.25. The quantitative estimate of drug-likeness (QED) is 0.763. The molecule has 1 aromatic heterocycles. The van der Waals surface area contributed by atoms with Crippen molar-refractivity contribution in [2.24, 2.45) is 5.92 Å². The van der Waals surface area contributed by atoms with Crippen LogP contribution in [0.5, 0.6) is 0 Å². The molecule has 2 unspecified atom stereocenters. The van der Waals surface area contributed by atoms with Crippen LogP contribution in [0.2, 0.25) is 0 Å². The van der Waals surface area contributed by atoms with E-state index in [-0.39, 0.29) is 0 Å². The van der Waals surface area contributed by atoms with E-state index in [0.29, 0.717) is 6.04 Å². The monoisotopic (exact) mass is 254 g/mol. The largest absolute Gasteiger partial charge is 0.316 e. The molecule has 0 radical (unpaired) electrons. The number of unbranched alkanes of at least 4 members (excludes halogenated alkanes) is 1. The maximum Gasteiger partial charge on any atom is 0.0897 e. The number of thiazole rings is 1. The molecule has 0 aromatic carbocycles. The Bertz CT molecular complexity index is 309. The molecule has 0 aliphatic heterocycles. The van der Waals surface area contributed by atoms with Gasteiger partial charge in [0, 0.05) is 17.8 Å². The first-order valence-electron chi connectivity index (χ1n) is 6.79. The maximum atomic E-state index is 4.57. The summed E-state index contributed by atoms with van der Waals surface area (Å²) in [5.41, 5.74) is 1.25. The van der Waals surface area contributed by atoms with Crippen molar-refractivity contribution in [3.63, 3.8) is 0 Å². The van der Waals surface area contributed by atoms with Gasteiger partial charge >= 0.3 is 0 Å². The summed E-state index contributed by atoms with van der Waals surface area (Å²) in [5.74, 6) is 0.780. The Hall–Kier alpha value is -0.410. The molecule has 0 amide bonds. The van der Waals surface area contributed by atoms with E-state index in [1.165, 1.54) is 36.4 Å². The lowest BCUT2D eigenvalue weighted by atomic mass is 9.89. The average Bonchev–Trinajstić information content (AvgIpc) is 2.74. The van der Waals surface area contributed by atoms with Gasteiger partial charge in [-0.05, 0) is 26.3 Å². The molecular formula is C14H26N2S. The second-order valence-corrected chi connectivity index (χ2v) is 5.83. The number of likely N-dealkylation sites (N-methyl/N-ethyl adjacent to an activating group) is 1. The van der Waals surface area contributed by atoms with Gasteiger partial charge in [-0.25, -0.2) is 4.98 Å². The second kappa shape index (κ2) is 7.83. The van der Waals surface area contributed by atoms with Crippen LogP contribution in [0.1, 0.15) is 50.2 Å². The minimum absolute atomic E-state index is 0.577. The average molecular weight is 254 g/mol. The molecular weight excluding hydrogens is 228 g/mol. The van der Waals surface area contributed by atoms with Gasteiger partial charge in [0.1, 0.15) is 0 Å². The van der Waals surface area contributed by atoms with Gasteiger partial charge in [-0.1, -0.05) is 33.1 Å². The Morgan fingerprint density at radius 1 is 1.41 bits per heavy atom. The molecule has 1 rings (SSSR count). The molecule has 1 aromatic rings. The standard InChI is InChI=1S/C14H26N2S/c1-5-7-8-12(6-2)14(15-4)9-13-10-17-11(3)16-13/h10,12,14-15H,5-9H2,1-4H3. The Balaban J connectivity index is 2.56. The summed E-state index contributed by atoms with van der Waals surface area (Å²) in [7, 11) is 2.08. The number of aromatic nitrogens is 1. The summed E-state index contributed by atoms with van der Waals surface area (Å²) in [6, 6.07) is 0.577. The number of nitrogens with zero attached hydrogens (tertiary/aromatic N) is 1. The lowest BCUT2D eigenvalue weighted by molar-refractivity contribution is 0.329. The lowest BCUT2D eigenvalue weighted by Crippen LogP contribution is -2.35. The number of hydrogen-bond donors (Lipinski definition) is 1. The van der Waals surface area contributed by atoms with E-state index < -0.39 is 0 Å². The zero-order valence-corrected chi connectivity index (χ0v) is 12.4. The van der Waals surface area contributed by atoms with Crippen molar-refractivity contribution in [2.75, 3.05) is 7.05 Å². The maximum absolute atomic E-state index is 4.57. The number of nitrogens with one attached hydrogen (secondary N) is 1. The number of aryl methyl sites for hydroxylation is 1. The summed E-state index contributed by atoms with van der Waals surface area (Å²) < 4.78 is 0. The highest BCUT2D eigenvalue weighted by molar-refractivity contribution is 7.09. The van der Waals surface area contributed by atoms with Crippen molar-refractivity contribution in [1.29, 1.82) is 0 Å². The Kier molecular flexibility index (Phi) is 6.75. The molecule has 0 spiro atoms. The van der Waals surface area contributed by atoms with Crippen molar-refractivity contribution >= 4 is 11.3 Å². The van der Waals surface area contributed by atoms with Crippen molar-refractivity contribution in [3.05, 3.63) is 16.1 Å². The fourth-order valence-electron chi connectivity index (χ4n) is 2.39. The zero-order valence-electron chi connectivity index (χ0n) is 11.6. The van der Waals surface area contributed by atoms with E-state index in [9.17, 15) is 0 Å². The predicted octanol–water partition coefficient (Wildman–Crippen LogP) is 3.80. The number of hydrogen-bond acceptors (Lipinski definition) is 3. The van der Waals surface area contributed by atoms with Crippen LogP contribution in [0.15, 0.2) is 5.38 Å². The summed E-state index contributed by atoms with van der Waals surface area (Å²) in [4.78, 5) is 4.57. The molecule has 0 aliphatic carbocycles. The van der Waals surface area contributed by atoms with Crippen LogP contribution in [0.4, 0.5) is 0 Å². The van der Waals surface area contributed by atoms with Gasteiger partial charge in [-0.2, -0.15) is 0 Å². The second-order valence-electron chi connectivity index (χ2n) is 4.77. The summed E-state index contributed by atoms with van der Waals surface area (Å²) in [5, 5.41) is 6.86. The fraction of sp³-hybridized carbons (Fsp3) is 0.786. The third-order valence-electron chi connectivity index (χ3n) is 3.49. The van der Waals surface area contributed by atoms with E-state index in [2.05, 4.69) is 43.5 Å². The predicted molar refractivity (Wildman–Crippen MR) is 76.7 cm³/mol. The zero-order chi connectivity index (χ0) is 12.7. The molecule has 0 fully saturated rings. The molecule has 0 aliphatic rings. The van der Waals surface area contributed by atoms with Gasteiger partial charge in [0.2, 0.25) is 0 Å². The molecule has 1 N–H and O–H groups in total. The summed E-state index contributed by atoms with van der Waals surface area (Å²) in [6.45, 7) is 6.65. The third kappa shape index (κ3) is 4.76. The fourth-order valence-corrected chi connectivity index (χ4v) is 3.01. The van der Waals surface area contributed by atoms with Crippen LogP contribution in [-0.2, 0) is 6.42 Å². The first-order valence-corrected chi connectivity index (χ1v) is 7.67. The first kappa shape index (κ1) is 14.7. The van der Waals surface area contributed by atoms with Crippen molar-refractivity contribution in [1.82, 2.24) is 10.3 Å². The molecule has 3 heteroatoms. The third-order valence-corrected chi connectivity index (χ3v) is 4.31. The molecule has 17 heavy (non-hydrogen) atoms. The van der Waals surface area contributed by atoms with E-state index in [1.807, 2.05) is 0 Å². The van der Waals surface area contributed by atoms with Crippen molar-refractivity contribution in [2.45, 2.75) is 58.9 Å². The molecule has 2 nitrogen and oxygen atoms in total. The first-order chi connectivity index (χ1) is 8.21. The van der Waals surface area contributed by atoms with Crippen LogP contribution in [0, 0.1) is 12.8 Å². The van der Waals surface area contributed by atoms with Crippen molar-refractivity contribution < 1.29 is 0 Å². The van der Waals surface area contributed by atoms with Gasteiger partial charge in [-0.15, -0.1) is 11.3 Å². The minimum atomic E-state index is 0.577. The van der Waals surface area contributed by atoms with Crippen molar-refractivity contribution in [3.8, 4) is 0 Å². The normalized spacial score (nSPS) is 14.8. The smallest absolute Gasteiger partial charge is 0.0897 e. The summed E-state index contributed by atoms with van der Waals surface area (Å²) >= 11 is 1.76. The number of rotatable bonds is 8. The summed E-state index contributed by atoms with van der Waals surface area (Å²) in [6.07, 6.45) is 6.30. The Morgan fingerprint density at radius 2 is 2.18 bits per heavy atom. The van der Waals surface area contributed by atoms with Gasteiger partial charge in [-0.3, -0.25) is 0 Å².